The Balaban J connectivity index is 1.85. The van der Waals surface area contributed by atoms with E-state index in [1.54, 1.807) is 20.2 Å². The predicted molar refractivity (Wildman–Crippen MR) is 78.3 cm³/mol. The third-order valence-electron chi connectivity index (χ3n) is 3.60. The molecule has 2 amide bonds. The summed E-state index contributed by atoms with van der Waals surface area (Å²) >= 11 is 0. The molecule has 0 bridgehead atoms. The summed E-state index contributed by atoms with van der Waals surface area (Å²) in [4.78, 5) is 23.4. The molecule has 0 fully saturated rings. The average molecular weight is 294 g/mol. The van der Waals surface area contributed by atoms with E-state index in [1.165, 1.54) is 4.68 Å². The maximum Gasteiger partial charge on any atom is 0.315 e. The first-order chi connectivity index (χ1) is 10.1. The lowest BCUT2D eigenvalue weighted by Crippen LogP contribution is -2.45. The Hall–Kier alpha value is -1.89. The van der Waals surface area contributed by atoms with Crippen LogP contribution in [0.5, 0.6) is 0 Å². The van der Waals surface area contributed by atoms with Gasteiger partial charge in [0.1, 0.15) is 0 Å². The van der Waals surface area contributed by atoms with Crippen LogP contribution in [0.3, 0.4) is 0 Å². The Kier molecular flexibility index (Phi) is 5.32. The van der Waals surface area contributed by atoms with E-state index >= 15 is 0 Å². The smallest absolute Gasteiger partial charge is 0.315 e. The minimum Gasteiger partial charge on any atom is -0.385 e. The van der Waals surface area contributed by atoms with Gasteiger partial charge < -0.3 is 15.4 Å². The second-order valence-electron chi connectivity index (χ2n) is 5.26. The van der Waals surface area contributed by atoms with Gasteiger partial charge >= 0.3 is 6.03 Å². The van der Waals surface area contributed by atoms with Crippen molar-refractivity contribution in [2.75, 3.05) is 20.3 Å². The fraction of sp³-hybridized carbons (Fsp3) is 0.643. The Bertz CT molecular complexity index is 556. The quantitative estimate of drug-likeness (QED) is 0.747. The Labute approximate surface area is 123 Å². The molecule has 2 N–H and O–H groups in total. The number of nitrogens with zero attached hydrogens (tertiary/aromatic N) is 2. The van der Waals surface area contributed by atoms with E-state index in [0.29, 0.717) is 19.6 Å². The highest BCUT2D eigenvalue weighted by molar-refractivity contribution is 5.74. The third kappa shape index (κ3) is 4.29. The average Bonchev–Trinajstić information content (AvgIpc) is 2.45. The van der Waals surface area contributed by atoms with Crippen molar-refractivity contribution in [3.8, 4) is 0 Å². The number of nitrogens with one attached hydrogen (secondary N) is 2. The van der Waals surface area contributed by atoms with Crippen LogP contribution in [0.15, 0.2) is 10.9 Å². The second kappa shape index (κ2) is 7.21. The molecule has 0 aliphatic heterocycles. The number of hydrogen-bond donors (Lipinski definition) is 2. The van der Waals surface area contributed by atoms with Crippen LogP contribution >= 0.6 is 0 Å². The lowest BCUT2D eigenvalue weighted by molar-refractivity contribution is 0.193. The van der Waals surface area contributed by atoms with Gasteiger partial charge in [-0.1, -0.05) is 0 Å². The van der Waals surface area contributed by atoms with E-state index in [0.717, 1.165) is 30.5 Å². The fourth-order valence-corrected chi connectivity index (χ4v) is 2.46. The third-order valence-corrected chi connectivity index (χ3v) is 3.60. The lowest BCUT2D eigenvalue weighted by Gasteiger charge is -2.24. The standard InChI is InChI=1S/C14H22N4O3/c1-18-13(19)9-10-8-11(4-5-12(10)17-18)16-14(20)15-6-3-7-21-2/h9,11H,3-8H2,1-2H3,(H2,15,16,20). The molecule has 0 saturated carbocycles. The first kappa shape index (κ1) is 15.5. The van der Waals surface area contributed by atoms with Gasteiger partial charge in [-0.05, 0) is 31.2 Å². The van der Waals surface area contributed by atoms with Crippen LogP contribution < -0.4 is 16.2 Å². The molecule has 0 aromatic carbocycles. The summed E-state index contributed by atoms with van der Waals surface area (Å²) in [6, 6.07) is 1.50. The fourth-order valence-electron chi connectivity index (χ4n) is 2.46. The van der Waals surface area contributed by atoms with Crippen molar-refractivity contribution in [3.05, 3.63) is 27.7 Å². The molecule has 116 valence electrons. The van der Waals surface area contributed by atoms with Crippen LogP contribution in [-0.2, 0) is 24.6 Å². The van der Waals surface area contributed by atoms with Gasteiger partial charge in [-0.15, -0.1) is 0 Å². The van der Waals surface area contributed by atoms with Crippen molar-refractivity contribution in [3.63, 3.8) is 0 Å². The molecule has 1 aliphatic carbocycles. The molecule has 1 unspecified atom stereocenters. The van der Waals surface area contributed by atoms with Crippen LogP contribution in [0.4, 0.5) is 4.79 Å². The van der Waals surface area contributed by atoms with E-state index in [2.05, 4.69) is 15.7 Å². The van der Waals surface area contributed by atoms with Gasteiger partial charge in [0.05, 0.1) is 5.69 Å². The minimum absolute atomic E-state index is 0.0498. The van der Waals surface area contributed by atoms with Crippen LogP contribution in [0.1, 0.15) is 24.1 Å². The number of carbonyl (C=O) groups is 1. The monoisotopic (exact) mass is 294 g/mol. The zero-order valence-corrected chi connectivity index (χ0v) is 12.5. The van der Waals surface area contributed by atoms with Crippen molar-refractivity contribution in [1.29, 1.82) is 0 Å². The molecule has 0 radical (unpaired) electrons. The SMILES string of the molecule is COCCCNC(=O)NC1CCc2nn(C)c(=O)cc2C1. The molecule has 1 atom stereocenters. The van der Waals surface area contributed by atoms with E-state index in [-0.39, 0.29) is 17.6 Å². The van der Waals surface area contributed by atoms with Crippen LogP contribution in [0.2, 0.25) is 0 Å². The number of amides is 2. The van der Waals surface area contributed by atoms with E-state index in [9.17, 15) is 9.59 Å². The maximum absolute atomic E-state index is 11.8. The summed E-state index contributed by atoms with van der Waals surface area (Å²) in [7, 11) is 3.29. The Morgan fingerprint density at radius 3 is 3.14 bits per heavy atom. The molecule has 1 heterocycles. The largest absolute Gasteiger partial charge is 0.385 e. The number of methoxy groups -OCH3 is 1. The summed E-state index contributed by atoms with van der Waals surface area (Å²) in [5.74, 6) is 0. The number of carbonyl (C=O) groups excluding carboxylic acids is 1. The molecule has 1 aromatic heterocycles. The molecule has 2 rings (SSSR count). The minimum atomic E-state index is -0.170. The zero-order valence-electron chi connectivity index (χ0n) is 12.5. The number of aromatic nitrogens is 2. The van der Waals surface area contributed by atoms with Crippen molar-refractivity contribution < 1.29 is 9.53 Å². The molecule has 0 saturated heterocycles. The summed E-state index contributed by atoms with van der Waals surface area (Å²) in [6.07, 6.45) is 3.06. The summed E-state index contributed by atoms with van der Waals surface area (Å²) < 4.78 is 6.28. The molecule has 0 spiro atoms. The number of fused-ring (bicyclic) bond motifs is 1. The van der Waals surface area contributed by atoms with Gasteiger partial charge in [0.2, 0.25) is 0 Å². The number of urea groups is 1. The highest BCUT2D eigenvalue weighted by atomic mass is 16.5. The number of hydrogen-bond acceptors (Lipinski definition) is 4. The van der Waals surface area contributed by atoms with E-state index < -0.39 is 0 Å². The first-order valence-corrected chi connectivity index (χ1v) is 7.19. The second-order valence-corrected chi connectivity index (χ2v) is 5.26. The summed E-state index contributed by atoms with van der Waals surface area (Å²) in [6.45, 7) is 1.22. The maximum atomic E-state index is 11.8. The van der Waals surface area contributed by atoms with Crippen LogP contribution in [-0.4, -0.2) is 42.1 Å². The zero-order chi connectivity index (χ0) is 15.2. The number of ether oxygens (including phenoxy) is 1. The van der Waals surface area contributed by atoms with Gasteiger partial charge in [0, 0.05) is 39.4 Å². The van der Waals surface area contributed by atoms with Crippen molar-refractivity contribution in [1.82, 2.24) is 20.4 Å². The summed E-state index contributed by atoms with van der Waals surface area (Å²) in [5, 5.41) is 10.00. The number of aryl methyl sites for hydroxylation is 2. The van der Waals surface area contributed by atoms with Crippen molar-refractivity contribution in [2.24, 2.45) is 7.05 Å². The van der Waals surface area contributed by atoms with Gasteiger partial charge in [-0.25, -0.2) is 9.48 Å². The predicted octanol–water partition coefficient (Wildman–Crippen LogP) is -0.0267. The molecule has 7 nitrogen and oxygen atoms in total. The van der Waals surface area contributed by atoms with Crippen LogP contribution in [0, 0.1) is 0 Å². The van der Waals surface area contributed by atoms with Crippen molar-refractivity contribution >= 4 is 6.03 Å². The molecular weight excluding hydrogens is 272 g/mol. The van der Waals surface area contributed by atoms with Crippen LogP contribution in [0.25, 0.3) is 0 Å². The van der Waals surface area contributed by atoms with Crippen molar-refractivity contribution in [2.45, 2.75) is 31.7 Å². The van der Waals surface area contributed by atoms with Gasteiger partial charge in [-0.2, -0.15) is 5.10 Å². The molecule has 1 aromatic rings. The normalized spacial score (nSPS) is 17.1. The lowest BCUT2D eigenvalue weighted by atomic mass is 9.92. The van der Waals surface area contributed by atoms with Gasteiger partial charge in [0.15, 0.2) is 0 Å². The number of rotatable bonds is 5. The Morgan fingerprint density at radius 1 is 1.57 bits per heavy atom. The Morgan fingerprint density at radius 2 is 2.38 bits per heavy atom. The van der Waals surface area contributed by atoms with E-state index in [1.807, 2.05) is 0 Å². The molecule has 1 aliphatic rings. The van der Waals surface area contributed by atoms with Gasteiger partial charge in [-0.3, -0.25) is 4.79 Å². The highest BCUT2D eigenvalue weighted by Gasteiger charge is 2.22. The highest BCUT2D eigenvalue weighted by Crippen LogP contribution is 2.17. The van der Waals surface area contributed by atoms with Gasteiger partial charge in [0.25, 0.3) is 5.56 Å². The first-order valence-electron chi connectivity index (χ1n) is 7.19. The van der Waals surface area contributed by atoms with E-state index in [4.69, 9.17) is 4.74 Å². The molecule has 21 heavy (non-hydrogen) atoms. The molecular formula is C14H22N4O3. The molecule has 7 heteroatoms. The topological polar surface area (TPSA) is 85.2 Å². The summed E-state index contributed by atoms with van der Waals surface area (Å²) in [5.41, 5.74) is 1.78.